The highest BCUT2D eigenvalue weighted by Crippen LogP contribution is 2.14. The van der Waals surface area contributed by atoms with E-state index in [0.29, 0.717) is 31.4 Å². The zero-order valence-corrected chi connectivity index (χ0v) is 11.9. The Labute approximate surface area is 117 Å². The molecule has 1 aromatic rings. The molecule has 1 saturated heterocycles. The lowest BCUT2D eigenvalue weighted by atomic mass is 10.3. The van der Waals surface area contributed by atoms with Crippen LogP contribution in [0.5, 0.6) is 6.01 Å². The van der Waals surface area contributed by atoms with Gasteiger partial charge in [0.2, 0.25) is 17.8 Å². The highest BCUT2D eigenvalue weighted by atomic mass is 16.5. The van der Waals surface area contributed by atoms with Gasteiger partial charge in [0.15, 0.2) is 0 Å². The smallest absolute Gasteiger partial charge is 0.323 e. The number of anilines is 2. The Morgan fingerprint density at radius 2 is 2.10 bits per heavy atom. The Balaban J connectivity index is 2.13. The fraction of sp³-hybridized carbons (Fsp3) is 0.667. The second-order valence-electron chi connectivity index (χ2n) is 4.81. The van der Waals surface area contributed by atoms with Gasteiger partial charge in [-0.3, -0.25) is 4.79 Å². The summed E-state index contributed by atoms with van der Waals surface area (Å²) in [7, 11) is 0. The number of ether oxygens (including phenoxy) is 1. The van der Waals surface area contributed by atoms with E-state index < -0.39 is 0 Å². The summed E-state index contributed by atoms with van der Waals surface area (Å²) in [6.45, 7) is 7.04. The zero-order chi connectivity index (χ0) is 14.5. The fourth-order valence-corrected chi connectivity index (χ4v) is 1.81. The Hall–Kier alpha value is -2.12. The molecule has 1 amide bonds. The third-order valence-corrected chi connectivity index (χ3v) is 2.60. The number of carbonyl (C=O) groups excluding carboxylic acids is 1. The number of rotatable bonds is 6. The van der Waals surface area contributed by atoms with Crippen LogP contribution in [0.15, 0.2) is 0 Å². The molecular formula is C12H20N6O2. The van der Waals surface area contributed by atoms with Crippen molar-refractivity contribution in [1.29, 1.82) is 0 Å². The van der Waals surface area contributed by atoms with Crippen LogP contribution in [0.25, 0.3) is 0 Å². The second kappa shape index (κ2) is 6.36. The molecule has 110 valence electrons. The van der Waals surface area contributed by atoms with Crippen molar-refractivity contribution in [3.63, 3.8) is 0 Å². The number of hydrogen-bond acceptors (Lipinski definition) is 7. The topological polar surface area (TPSA) is 101 Å². The summed E-state index contributed by atoms with van der Waals surface area (Å²) in [6, 6.07) is 0.261. The molecule has 3 N–H and O–H groups in total. The SMILES string of the molecule is CCNc1nc(NC2CNC(=O)C2)nc(OC(C)C)n1. The summed E-state index contributed by atoms with van der Waals surface area (Å²) in [5.74, 6) is 0.896. The van der Waals surface area contributed by atoms with Gasteiger partial charge in [-0.05, 0) is 20.8 Å². The minimum Gasteiger partial charge on any atom is -0.461 e. The second-order valence-corrected chi connectivity index (χ2v) is 4.81. The van der Waals surface area contributed by atoms with Crippen LogP contribution in [-0.2, 0) is 4.79 Å². The molecule has 1 atom stereocenters. The van der Waals surface area contributed by atoms with Gasteiger partial charge in [0, 0.05) is 19.5 Å². The lowest BCUT2D eigenvalue weighted by molar-refractivity contribution is -0.119. The lowest BCUT2D eigenvalue weighted by Gasteiger charge is -2.14. The monoisotopic (exact) mass is 280 g/mol. The van der Waals surface area contributed by atoms with Gasteiger partial charge in [0.25, 0.3) is 0 Å². The molecule has 1 aliphatic heterocycles. The minimum atomic E-state index is -0.0190. The molecule has 0 bridgehead atoms. The van der Waals surface area contributed by atoms with Crippen LogP contribution < -0.4 is 20.7 Å². The van der Waals surface area contributed by atoms with Gasteiger partial charge < -0.3 is 20.7 Å². The first-order chi connectivity index (χ1) is 9.56. The normalized spacial score (nSPS) is 18.0. The van der Waals surface area contributed by atoms with Crippen molar-refractivity contribution in [3.05, 3.63) is 0 Å². The maximum atomic E-state index is 11.2. The van der Waals surface area contributed by atoms with Crippen LogP contribution in [0, 0.1) is 0 Å². The molecule has 0 aromatic carbocycles. The van der Waals surface area contributed by atoms with Gasteiger partial charge in [-0.15, -0.1) is 0 Å². The largest absolute Gasteiger partial charge is 0.461 e. The summed E-state index contributed by atoms with van der Waals surface area (Å²) in [6.07, 6.45) is 0.400. The van der Waals surface area contributed by atoms with Crippen LogP contribution in [0.4, 0.5) is 11.9 Å². The van der Waals surface area contributed by atoms with Gasteiger partial charge >= 0.3 is 6.01 Å². The van der Waals surface area contributed by atoms with Crippen LogP contribution in [0.3, 0.4) is 0 Å². The summed E-state index contributed by atoms with van der Waals surface area (Å²) >= 11 is 0. The Morgan fingerprint density at radius 1 is 1.35 bits per heavy atom. The summed E-state index contributed by atoms with van der Waals surface area (Å²) in [5.41, 5.74) is 0. The molecule has 2 rings (SSSR count). The van der Waals surface area contributed by atoms with Crippen LogP contribution in [0.2, 0.25) is 0 Å². The molecule has 8 heteroatoms. The van der Waals surface area contributed by atoms with E-state index >= 15 is 0 Å². The predicted molar refractivity (Wildman–Crippen MR) is 74.8 cm³/mol. The summed E-state index contributed by atoms with van der Waals surface area (Å²) < 4.78 is 5.50. The zero-order valence-electron chi connectivity index (χ0n) is 11.9. The first-order valence-electron chi connectivity index (χ1n) is 6.76. The van der Waals surface area contributed by atoms with Gasteiger partial charge in [-0.25, -0.2) is 0 Å². The highest BCUT2D eigenvalue weighted by Gasteiger charge is 2.22. The number of carbonyl (C=O) groups is 1. The predicted octanol–water partition coefficient (Wildman–Crippen LogP) is 0.391. The quantitative estimate of drug-likeness (QED) is 0.693. The third-order valence-electron chi connectivity index (χ3n) is 2.60. The van der Waals surface area contributed by atoms with Crippen LogP contribution >= 0.6 is 0 Å². The molecule has 0 aliphatic carbocycles. The first kappa shape index (κ1) is 14.3. The van der Waals surface area contributed by atoms with E-state index in [1.54, 1.807) is 0 Å². The van der Waals surface area contributed by atoms with Crippen LogP contribution in [-0.4, -0.2) is 46.1 Å². The lowest BCUT2D eigenvalue weighted by Crippen LogP contribution is -2.24. The Morgan fingerprint density at radius 3 is 2.70 bits per heavy atom. The van der Waals surface area contributed by atoms with Crippen molar-refractivity contribution in [2.24, 2.45) is 0 Å². The molecule has 2 heterocycles. The summed E-state index contributed by atoms with van der Waals surface area (Å²) in [5, 5.41) is 8.91. The fourth-order valence-electron chi connectivity index (χ4n) is 1.81. The Kier molecular flexibility index (Phi) is 4.54. The van der Waals surface area contributed by atoms with Gasteiger partial charge in [-0.2, -0.15) is 15.0 Å². The number of aromatic nitrogens is 3. The van der Waals surface area contributed by atoms with Crippen molar-refractivity contribution in [1.82, 2.24) is 20.3 Å². The molecule has 0 saturated carbocycles. The van der Waals surface area contributed by atoms with Crippen molar-refractivity contribution in [2.45, 2.75) is 39.3 Å². The average molecular weight is 280 g/mol. The van der Waals surface area contributed by atoms with E-state index in [1.165, 1.54) is 0 Å². The van der Waals surface area contributed by atoms with E-state index in [2.05, 4.69) is 30.9 Å². The molecule has 0 radical (unpaired) electrons. The number of amides is 1. The van der Waals surface area contributed by atoms with E-state index in [0.717, 1.165) is 0 Å². The highest BCUT2D eigenvalue weighted by molar-refractivity contribution is 5.79. The standard InChI is InChI=1S/C12H20N6O2/c1-4-13-10-16-11(15-8-5-9(19)14-6-8)18-12(17-10)20-7(2)3/h7-8H,4-6H2,1-3H3,(H,14,19)(H2,13,15,16,17,18). The minimum absolute atomic E-state index is 0.00808. The molecule has 1 fully saturated rings. The molecular weight excluding hydrogens is 260 g/mol. The third kappa shape index (κ3) is 3.94. The van der Waals surface area contributed by atoms with E-state index in [9.17, 15) is 4.79 Å². The molecule has 1 unspecified atom stereocenters. The van der Waals surface area contributed by atoms with Gasteiger partial charge in [0.1, 0.15) is 0 Å². The number of nitrogens with zero attached hydrogens (tertiary/aromatic N) is 3. The Bertz CT molecular complexity index is 479. The average Bonchev–Trinajstić information content (AvgIpc) is 2.74. The number of hydrogen-bond donors (Lipinski definition) is 3. The van der Waals surface area contributed by atoms with Crippen LogP contribution in [0.1, 0.15) is 27.2 Å². The van der Waals surface area contributed by atoms with Gasteiger partial charge in [0.05, 0.1) is 12.1 Å². The molecule has 8 nitrogen and oxygen atoms in total. The summed E-state index contributed by atoms with van der Waals surface area (Å²) in [4.78, 5) is 23.8. The first-order valence-corrected chi connectivity index (χ1v) is 6.76. The molecule has 20 heavy (non-hydrogen) atoms. The molecule has 1 aromatic heterocycles. The van der Waals surface area contributed by atoms with E-state index in [1.807, 2.05) is 20.8 Å². The van der Waals surface area contributed by atoms with Crippen molar-refractivity contribution >= 4 is 17.8 Å². The van der Waals surface area contributed by atoms with E-state index in [-0.39, 0.29) is 24.1 Å². The van der Waals surface area contributed by atoms with Crippen molar-refractivity contribution in [3.8, 4) is 6.01 Å². The van der Waals surface area contributed by atoms with Gasteiger partial charge in [-0.1, -0.05) is 0 Å². The van der Waals surface area contributed by atoms with E-state index in [4.69, 9.17) is 4.74 Å². The maximum absolute atomic E-state index is 11.2. The molecule has 1 aliphatic rings. The number of nitrogens with one attached hydrogen (secondary N) is 3. The molecule has 0 spiro atoms. The maximum Gasteiger partial charge on any atom is 0.323 e. The van der Waals surface area contributed by atoms with Crippen molar-refractivity contribution < 1.29 is 9.53 Å². The van der Waals surface area contributed by atoms with Crippen molar-refractivity contribution in [2.75, 3.05) is 23.7 Å².